The molecule has 2 aliphatic rings. The van der Waals surface area contributed by atoms with Crippen LogP contribution in [0.15, 0.2) is 18.2 Å². The summed E-state index contributed by atoms with van der Waals surface area (Å²) in [4.78, 5) is 14.9. The minimum absolute atomic E-state index is 0.0256. The molecule has 1 aromatic carbocycles. The zero-order valence-corrected chi connectivity index (χ0v) is 15.0. The van der Waals surface area contributed by atoms with Crippen LogP contribution in [0, 0.1) is 19.8 Å². The van der Waals surface area contributed by atoms with Gasteiger partial charge in [0.15, 0.2) is 5.69 Å². The van der Waals surface area contributed by atoms with Crippen LogP contribution in [-0.2, 0) is 12.8 Å². The van der Waals surface area contributed by atoms with E-state index >= 15 is 0 Å². The van der Waals surface area contributed by atoms with E-state index in [0.29, 0.717) is 12.2 Å². The SMILES string of the molecule is Cc1ccc(-n2nc(C(=O)N3CCC(CO)C3)c3c2CCC3)c(C)c1. The van der Waals surface area contributed by atoms with Crippen molar-refractivity contribution in [2.75, 3.05) is 19.7 Å². The van der Waals surface area contributed by atoms with Gasteiger partial charge in [-0.15, -0.1) is 0 Å². The molecule has 0 bridgehead atoms. The average Bonchev–Trinajstić information content (AvgIpc) is 3.31. The summed E-state index contributed by atoms with van der Waals surface area (Å²) in [5.74, 6) is 0.232. The van der Waals surface area contributed by atoms with Gasteiger partial charge in [-0.05, 0) is 51.2 Å². The van der Waals surface area contributed by atoms with Crippen molar-refractivity contribution < 1.29 is 9.90 Å². The van der Waals surface area contributed by atoms with Crippen LogP contribution in [0.2, 0.25) is 0 Å². The number of hydrogen-bond donors (Lipinski definition) is 1. The number of hydrogen-bond acceptors (Lipinski definition) is 3. The number of aromatic nitrogens is 2. The van der Waals surface area contributed by atoms with Crippen molar-refractivity contribution in [2.24, 2.45) is 5.92 Å². The molecule has 1 atom stereocenters. The van der Waals surface area contributed by atoms with Gasteiger partial charge in [-0.1, -0.05) is 17.7 Å². The predicted molar refractivity (Wildman–Crippen MR) is 96.2 cm³/mol. The highest BCUT2D eigenvalue weighted by atomic mass is 16.3. The molecule has 5 nitrogen and oxygen atoms in total. The molecule has 1 aromatic heterocycles. The molecule has 1 N–H and O–H groups in total. The number of nitrogens with zero attached hydrogens (tertiary/aromatic N) is 3. The Morgan fingerprint density at radius 2 is 2.16 bits per heavy atom. The van der Waals surface area contributed by atoms with Gasteiger partial charge in [0.25, 0.3) is 5.91 Å². The van der Waals surface area contributed by atoms with Gasteiger partial charge in [-0.3, -0.25) is 4.79 Å². The van der Waals surface area contributed by atoms with Crippen molar-refractivity contribution >= 4 is 5.91 Å². The van der Waals surface area contributed by atoms with E-state index in [1.807, 2.05) is 9.58 Å². The summed E-state index contributed by atoms with van der Waals surface area (Å²) < 4.78 is 1.99. The highest BCUT2D eigenvalue weighted by molar-refractivity contribution is 5.94. The smallest absolute Gasteiger partial charge is 0.274 e. The molecule has 132 valence electrons. The number of carbonyl (C=O) groups excluding carboxylic acids is 1. The Bertz CT molecular complexity index is 825. The van der Waals surface area contributed by atoms with Crippen LogP contribution in [-0.4, -0.2) is 45.4 Å². The normalized spacial score (nSPS) is 19.5. The average molecular weight is 339 g/mol. The summed E-state index contributed by atoms with van der Waals surface area (Å²) in [6.45, 7) is 5.69. The summed E-state index contributed by atoms with van der Waals surface area (Å²) in [5.41, 5.74) is 6.40. The summed E-state index contributed by atoms with van der Waals surface area (Å²) in [6, 6.07) is 6.35. The summed E-state index contributed by atoms with van der Waals surface area (Å²) in [6.07, 6.45) is 3.86. The molecule has 1 aliphatic heterocycles. The minimum atomic E-state index is 0.0256. The van der Waals surface area contributed by atoms with E-state index in [-0.39, 0.29) is 18.4 Å². The van der Waals surface area contributed by atoms with Crippen LogP contribution in [0.5, 0.6) is 0 Å². The fraction of sp³-hybridized carbons (Fsp3) is 0.500. The van der Waals surface area contributed by atoms with Crippen LogP contribution in [0.25, 0.3) is 5.69 Å². The Labute approximate surface area is 148 Å². The van der Waals surface area contributed by atoms with Crippen LogP contribution >= 0.6 is 0 Å². The Kier molecular flexibility index (Phi) is 4.12. The van der Waals surface area contributed by atoms with Crippen molar-refractivity contribution in [3.05, 3.63) is 46.3 Å². The molecule has 2 aromatic rings. The van der Waals surface area contributed by atoms with Crippen LogP contribution in [0.1, 0.15) is 45.7 Å². The Morgan fingerprint density at radius 1 is 1.32 bits per heavy atom. The number of aliphatic hydroxyl groups is 1. The van der Waals surface area contributed by atoms with E-state index < -0.39 is 0 Å². The highest BCUT2D eigenvalue weighted by Gasteiger charge is 2.33. The standard InChI is InChI=1S/C20H25N3O2/c1-13-6-7-17(14(2)10-13)23-18-5-3-4-16(18)19(21-23)20(25)22-9-8-15(11-22)12-24/h6-7,10,15,24H,3-5,8-9,11-12H2,1-2H3. The predicted octanol–water partition coefficient (Wildman–Crippen LogP) is 2.43. The second-order valence-corrected chi connectivity index (χ2v) is 7.42. The third-order valence-corrected chi connectivity index (χ3v) is 5.54. The number of carbonyl (C=O) groups is 1. The maximum absolute atomic E-state index is 13.0. The third-order valence-electron chi connectivity index (χ3n) is 5.54. The minimum Gasteiger partial charge on any atom is -0.396 e. The first kappa shape index (κ1) is 16.3. The maximum atomic E-state index is 13.0. The summed E-state index contributed by atoms with van der Waals surface area (Å²) in [5, 5.41) is 14.1. The van der Waals surface area contributed by atoms with E-state index in [0.717, 1.165) is 43.5 Å². The fourth-order valence-corrected chi connectivity index (χ4v) is 4.17. The topological polar surface area (TPSA) is 58.4 Å². The van der Waals surface area contributed by atoms with E-state index in [2.05, 4.69) is 32.0 Å². The molecular weight excluding hydrogens is 314 g/mol. The number of fused-ring (bicyclic) bond motifs is 1. The second-order valence-electron chi connectivity index (χ2n) is 7.42. The molecule has 1 amide bonds. The lowest BCUT2D eigenvalue weighted by Crippen LogP contribution is -2.30. The van der Waals surface area contributed by atoms with Gasteiger partial charge in [-0.25, -0.2) is 4.68 Å². The van der Waals surface area contributed by atoms with Gasteiger partial charge in [0.1, 0.15) is 0 Å². The van der Waals surface area contributed by atoms with E-state index in [4.69, 9.17) is 5.10 Å². The van der Waals surface area contributed by atoms with E-state index in [1.54, 1.807) is 0 Å². The third kappa shape index (κ3) is 2.76. The molecule has 25 heavy (non-hydrogen) atoms. The lowest BCUT2D eigenvalue weighted by molar-refractivity contribution is 0.0774. The van der Waals surface area contributed by atoms with Crippen molar-refractivity contribution in [1.82, 2.24) is 14.7 Å². The molecular formula is C20H25N3O2. The lowest BCUT2D eigenvalue weighted by atomic mass is 10.1. The van der Waals surface area contributed by atoms with Crippen molar-refractivity contribution in [3.8, 4) is 5.69 Å². The molecule has 1 fully saturated rings. The number of aliphatic hydroxyl groups excluding tert-OH is 1. The molecule has 0 radical (unpaired) electrons. The summed E-state index contributed by atoms with van der Waals surface area (Å²) >= 11 is 0. The number of benzene rings is 1. The van der Waals surface area contributed by atoms with Gasteiger partial charge in [0.05, 0.1) is 5.69 Å². The quantitative estimate of drug-likeness (QED) is 0.934. The number of likely N-dealkylation sites (tertiary alicyclic amines) is 1. The molecule has 4 rings (SSSR count). The molecule has 0 spiro atoms. The molecule has 1 saturated heterocycles. The lowest BCUT2D eigenvalue weighted by Gasteiger charge is -2.15. The van der Waals surface area contributed by atoms with Crippen LogP contribution in [0.4, 0.5) is 0 Å². The van der Waals surface area contributed by atoms with Gasteiger partial charge in [0, 0.05) is 36.9 Å². The van der Waals surface area contributed by atoms with Crippen molar-refractivity contribution in [1.29, 1.82) is 0 Å². The zero-order chi connectivity index (χ0) is 17.6. The number of rotatable bonds is 3. The van der Waals surface area contributed by atoms with E-state index in [9.17, 15) is 9.90 Å². The van der Waals surface area contributed by atoms with Gasteiger partial charge in [-0.2, -0.15) is 5.10 Å². The van der Waals surface area contributed by atoms with Crippen molar-refractivity contribution in [3.63, 3.8) is 0 Å². The first-order chi connectivity index (χ1) is 12.1. The number of aryl methyl sites for hydroxylation is 2. The highest BCUT2D eigenvalue weighted by Crippen LogP contribution is 2.30. The maximum Gasteiger partial charge on any atom is 0.274 e. The van der Waals surface area contributed by atoms with Gasteiger partial charge in [0.2, 0.25) is 0 Å². The first-order valence-electron chi connectivity index (χ1n) is 9.17. The van der Waals surface area contributed by atoms with Crippen LogP contribution in [0.3, 0.4) is 0 Å². The molecule has 2 heterocycles. The molecule has 5 heteroatoms. The zero-order valence-electron chi connectivity index (χ0n) is 15.0. The molecule has 0 saturated carbocycles. The van der Waals surface area contributed by atoms with Gasteiger partial charge < -0.3 is 10.0 Å². The fourth-order valence-electron chi connectivity index (χ4n) is 4.17. The van der Waals surface area contributed by atoms with Crippen molar-refractivity contribution in [2.45, 2.75) is 39.5 Å². The molecule has 1 unspecified atom stereocenters. The molecule has 1 aliphatic carbocycles. The first-order valence-corrected chi connectivity index (χ1v) is 9.17. The Balaban J connectivity index is 1.72. The largest absolute Gasteiger partial charge is 0.396 e. The van der Waals surface area contributed by atoms with Gasteiger partial charge >= 0.3 is 0 Å². The number of amides is 1. The Hall–Kier alpha value is -2.14. The monoisotopic (exact) mass is 339 g/mol. The Morgan fingerprint density at radius 3 is 2.88 bits per heavy atom. The van der Waals surface area contributed by atoms with E-state index in [1.165, 1.54) is 16.8 Å². The summed E-state index contributed by atoms with van der Waals surface area (Å²) in [7, 11) is 0. The van der Waals surface area contributed by atoms with Crippen LogP contribution < -0.4 is 0 Å². The second kappa shape index (κ2) is 6.30.